The standard InChI is InChI=1S/C10H12F2N2O3S/c11-8-3-6(13)4-9(12)10(8)18(16,17)14-2-1-7(15)5-14/h3-4,7,15H,1-2,5,13H2/t7-/m0/s1. The molecule has 0 saturated carbocycles. The summed E-state index contributed by atoms with van der Waals surface area (Å²) < 4.78 is 52.0. The highest BCUT2D eigenvalue weighted by Crippen LogP contribution is 2.27. The van der Waals surface area contributed by atoms with Crippen molar-refractivity contribution in [2.45, 2.75) is 17.4 Å². The Labute approximate surface area is 103 Å². The summed E-state index contributed by atoms with van der Waals surface area (Å²) in [6.45, 7) is -0.127. The zero-order valence-electron chi connectivity index (χ0n) is 9.31. The number of benzene rings is 1. The van der Waals surface area contributed by atoms with E-state index in [9.17, 15) is 22.3 Å². The molecule has 8 heteroatoms. The number of rotatable bonds is 2. The largest absolute Gasteiger partial charge is 0.399 e. The third kappa shape index (κ3) is 2.18. The van der Waals surface area contributed by atoms with E-state index >= 15 is 0 Å². The van der Waals surface area contributed by atoms with E-state index in [1.54, 1.807) is 0 Å². The van der Waals surface area contributed by atoms with Crippen LogP contribution in [0.25, 0.3) is 0 Å². The van der Waals surface area contributed by atoms with Crippen molar-refractivity contribution >= 4 is 15.7 Å². The van der Waals surface area contributed by atoms with Gasteiger partial charge in [-0.3, -0.25) is 0 Å². The fourth-order valence-electron chi connectivity index (χ4n) is 1.88. The van der Waals surface area contributed by atoms with Crippen LogP contribution in [-0.4, -0.2) is 37.0 Å². The quantitative estimate of drug-likeness (QED) is 0.762. The van der Waals surface area contributed by atoms with E-state index in [2.05, 4.69) is 0 Å². The normalized spacial score (nSPS) is 21.4. The molecule has 1 aliphatic heterocycles. The van der Waals surface area contributed by atoms with E-state index < -0.39 is 32.7 Å². The molecule has 1 aliphatic rings. The van der Waals surface area contributed by atoms with Gasteiger partial charge in [0.05, 0.1) is 6.10 Å². The molecule has 1 heterocycles. The van der Waals surface area contributed by atoms with Crippen LogP contribution in [0.5, 0.6) is 0 Å². The molecule has 0 spiro atoms. The summed E-state index contributed by atoms with van der Waals surface area (Å²) in [6, 6.07) is 1.50. The van der Waals surface area contributed by atoms with Crippen molar-refractivity contribution in [3.63, 3.8) is 0 Å². The monoisotopic (exact) mass is 278 g/mol. The number of nitrogens with zero attached hydrogens (tertiary/aromatic N) is 1. The van der Waals surface area contributed by atoms with Gasteiger partial charge >= 0.3 is 0 Å². The molecule has 0 unspecified atom stereocenters. The lowest BCUT2D eigenvalue weighted by molar-refractivity contribution is 0.189. The minimum absolute atomic E-state index is 0.0345. The molecule has 100 valence electrons. The molecule has 0 amide bonds. The molecule has 18 heavy (non-hydrogen) atoms. The van der Waals surface area contributed by atoms with Crippen LogP contribution in [0.3, 0.4) is 0 Å². The number of aliphatic hydroxyl groups excluding tert-OH is 1. The highest BCUT2D eigenvalue weighted by Gasteiger charge is 2.35. The van der Waals surface area contributed by atoms with E-state index in [1.807, 2.05) is 0 Å². The number of hydrogen-bond acceptors (Lipinski definition) is 4. The molecule has 3 N–H and O–H groups in total. The average molecular weight is 278 g/mol. The summed E-state index contributed by atoms with van der Waals surface area (Å²) >= 11 is 0. The molecule has 0 radical (unpaired) electrons. The Morgan fingerprint density at radius 3 is 2.33 bits per heavy atom. The number of hydrogen-bond donors (Lipinski definition) is 2. The number of anilines is 1. The molecule has 1 saturated heterocycles. The van der Waals surface area contributed by atoms with Crippen molar-refractivity contribution in [3.05, 3.63) is 23.8 Å². The second kappa shape index (κ2) is 4.45. The molecule has 5 nitrogen and oxygen atoms in total. The van der Waals surface area contributed by atoms with Gasteiger partial charge in [0.15, 0.2) is 4.90 Å². The number of β-amino-alcohol motifs (C(OH)–C–C–N with tert-alkyl or cyclic N) is 1. The van der Waals surface area contributed by atoms with Gasteiger partial charge in [0.2, 0.25) is 10.0 Å². The number of nitrogen functional groups attached to an aromatic ring is 1. The zero-order chi connectivity index (χ0) is 13.5. The molecular weight excluding hydrogens is 266 g/mol. The van der Waals surface area contributed by atoms with Gasteiger partial charge < -0.3 is 10.8 Å². The smallest absolute Gasteiger partial charge is 0.249 e. The van der Waals surface area contributed by atoms with Gasteiger partial charge in [0.25, 0.3) is 0 Å². The Morgan fingerprint density at radius 1 is 1.33 bits per heavy atom. The average Bonchev–Trinajstić information content (AvgIpc) is 2.63. The molecule has 1 fully saturated rings. The Balaban J connectivity index is 2.48. The van der Waals surface area contributed by atoms with Crippen molar-refractivity contribution in [1.29, 1.82) is 0 Å². The molecule has 2 rings (SSSR count). The number of sulfonamides is 1. The molecule has 0 bridgehead atoms. The van der Waals surface area contributed by atoms with Gasteiger partial charge in [-0.25, -0.2) is 17.2 Å². The molecule has 1 aromatic rings. The first-order valence-electron chi connectivity index (χ1n) is 5.25. The highest BCUT2D eigenvalue weighted by molar-refractivity contribution is 7.89. The van der Waals surface area contributed by atoms with Crippen LogP contribution in [0.4, 0.5) is 14.5 Å². The maximum absolute atomic E-state index is 13.6. The van der Waals surface area contributed by atoms with Crippen molar-refractivity contribution in [3.8, 4) is 0 Å². The van der Waals surface area contributed by atoms with Crippen molar-refractivity contribution in [2.24, 2.45) is 0 Å². The summed E-state index contributed by atoms with van der Waals surface area (Å²) in [5.74, 6) is -2.46. The molecule has 1 atom stereocenters. The second-order valence-electron chi connectivity index (χ2n) is 4.12. The molecular formula is C10H12F2N2O3S. The zero-order valence-corrected chi connectivity index (χ0v) is 10.1. The van der Waals surface area contributed by atoms with E-state index in [0.29, 0.717) is 0 Å². The van der Waals surface area contributed by atoms with Crippen LogP contribution in [0, 0.1) is 11.6 Å². The number of halogens is 2. The Kier molecular flexibility index (Phi) is 3.26. The van der Waals surface area contributed by atoms with Gasteiger partial charge in [0.1, 0.15) is 11.6 Å². The SMILES string of the molecule is Nc1cc(F)c(S(=O)(=O)N2CC[C@H](O)C2)c(F)c1. The van der Waals surface area contributed by atoms with Crippen LogP contribution in [0.15, 0.2) is 17.0 Å². The Hall–Kier alpha value is -1.25. The number of aliphatic hydroxyl groups is 1. The molecule has 1 aromatic carbocycles. The van der Waals surface area contributed by atoms with Gasteiger partial charge in [-0.1, -0.05) is 0 Å². The van der Waals surface area contributed by atoms with Crippen molar-refractivity contribution in [1.82, 2.24) is 4.31 Å². The third-order valence-corrected chi connectivity index (χ3v) is 4.66. The third-order valence-electron chi connectivity index (χ3n) is 2.74. The lowest BCUT2D eigenvalue weighted by Crippen LogP contribution is -2.31. The highest BCUT2D eigenvalue weighted by atomic mass is 32.2. The first-order chi connectivity index (χ1) is 8.32. The Bertz CT molecular complexity index is 553. The summed E-state index contributed by atoms with van der Waals surface area (Å²) in [7, 11) is -4.28. The predicted octanol–water partition coefficient (Wildman–Crippen LogP) is 0.302. The van der Waals surface area contributed by atoms with Crippen LogP contribution < -0.4 is 5.73 Å². The van der Waals surface area contributed by atoms with Crippen molar-refractivity contribution in [2.75, 3.05) is 18.8 Å². The number of nitrogens with two attached hydrogens (primary N) is 1. The van der Waals surface area contributed by atoms with Gasteiger partial charge in [-0.15, -0.1) is 0 Å². The lowest BCUT2D eigenvalue weighted by Gasteiger charge is -2.16. The van der Waals surface area contributed by atoms with Crippen molar-refractivity contribution < 1.29 is 22.3 Å². The molecule has 0 aliphatic carbocycles. The summed E-state index contributed by atoms with van der Waals surface area (Å²) in [6.07, 6.45) is -0.558. The van der Waals surface area contributed by atoms with Gasteiger partial charge in [0, 0.05) is 18.8 Å². The minimum atomic E-state index is -4.28. The Morgan fingerprint density at radius 2 is 1.89 bits per heavy atom. The summed E-state index contributed by atoms with van der Waals surface area (Å²) in [5.41, 5.74) is 5.03. The van der Waals surface area contributed by atoms with Crippen LogP contribution in [-0.2, 0) is 10.0 Å². The van der Waals surface area contributed by atoms with Crippen LogP contribution in [0.2, 0.25) is 0 Å². The fraction of sp³-hybridized carbons (Fsp3) is 0.400. The predicted molar refractivity (Wildman–Crippen MR) is 60.2 cm³/mol. The summed E-state index contributed by atoms with van der Waals surface area (Å²) in [5, 5.41) is 9.28. The van der Waals surface area contributed by atoms with Crippen LogP contribution >= 0.6 is 0 Å². The minimum Gasteiger partial charge on any atom is -0.399 e. The maximum atomic E-state index is 13.6. The van der Waals surface area contributed by atoms with Crippen LogP contribution in [0.1, 0.15) is 6.42 Å². The lowest BCUT2D eigenvalue weighted by atomic mass is 10.3. The molecule has 0 aromatic heterocycles. The van der Waals surface area contributed by atoms with E-state index in [-0.39, 0.29) is 25.2 Å². The summed E-state index contributed by atoms with van der Waals surface area (Å²) in [4.78, 5) is -1.02. The first-order valence-corrected chi connectivity index (χ1v) is 6.69. The fourth-order valence-corrected chi connectivity index (χ4v) is 3.47. The maximum Gasteiger partial charge on any atom is 0.249 e. The first kappa shape index (κ1) is 13.2. The topological polar surface area (TPSA) is 83.6 Å². The van der Waals surface area contributed by atoms with E-state index in [0.717, 1.165) is 16.4 Å². The van der Waals surface area contributed by atoms with Gasteiger partial charge in [-0.2, -0.15) is 4.31 Å². The van der Waals surface area contributed by atoms with Gasteiger partial charge in [-0.05, 0) is 18.6 Å². The second-order valence-corrected chi connectivity index (χ2v) is 5.99. The van der Waals surface area contributed by atoms with E-state index in [4.69, 9.17) is 5.73 Å². The van der Waals surface area contributed by atoms with E-state index in [1.165, 1.54) is 0 Å².